The maximum absolute atomic E-state index is 12.8. The van der Waals surface area contributed by atoms with Crippen LogP contribution >= 0.6 is 0 Å². The van der Waals surface area contributed by atoms with Gasteiger partial charge in [0.1, 0.15) is 5.75 Å². The molecule has 6 heteroatoms. The van der Waals surface area contributed by atoms with Crippen LogP contribution in [0.25, 0.3) is 0 Å². The van der Waals surface area contributed by atoms with Crippen molar-refractivity contribution in [2.45, 2.75) is 33.6 Å². The van der Waals surface area contributed by atoms with Gasteiger partial charge in [0.15, 0.2) is 0 Å². The second-order valence-electron chi connectivity index (χ2n) is 6.65. The van der Waals surface area contributed by atoms with E-state index in [1.807, 2.05) is 51.1 Å². The van der Waals surface area contributed by atoms with Gasteiger partial charge in [0.05, 0.1) is 18.2 Å². The second-order valence-corrected chi connectivity index (χ2v) is 6.65. The van der Waals surface area contributed by atoms with Crippen LogP contribution in [-0.2, 0) is 4.79 Å². The average Bonchev–Trinajstić information content (AvgIpc) is 2.63. The van der Waals surface area contributed by atoms with Gasteiger partial charge in [0, 0.05) is 24.5 Å². The number of aryl methyl sites for hydroxylation is 2. The maximum Gasteiger partial charge on any atom is 0.229 e. The van der Waals surface area contributed by atoms with E-state index in [9.17, 15) is 4.79 Å². The fourth-order valence-electron chi connectivity index (χ4n) is 3.31. The number of hydrogen-bond donors (Lipinski definition) is 1. The van der Waals surface area contributed by atoms with Crippen LogP contribution in [-0.4, -0.2) is 35.6 Å². The van der Waals surface area contributed by atoms with Gasteiger partial charge in [-0.3, -0.25) is 4.79 Å². The number of carbonyl (C=O) groups excluding carboxylic acids is 1. The van der Waals surface area contributed by atoms with E-state index in [1.54, 1.807) is 0 Å². The van der Waals surface area contributed by atoms with E-state index < -0.39 is 0 Å². The molecule has 0 bridgehead atoms. The van der Waals surface area contributed by atoms with Crippen molar-refractivity contribution in [3.8, 4) is 5.75 Å². The van der Waals surface area contributed by atoms with Crippen molar-refractivity contribution < 1.29 is 9.53 Å². The van der Waals surface area contributed by atoms with E-state index in [0.29, 0.717) is 18.9 Å². The minimum absolute atomic E-state index is 0.0197. The number of nitrogens with zero attached hydrogens (tertiary/aromatic N) is 3. The van der Waals surface area contributed by atoms with Gasteiger partial charge >= 0.3 is 0 Å². The lowest BCUT2D eigenvalue weighted by Gasteiger charge is -2.32. The lowest BCUT2D eigenvalue weighted by Crippen LogP contribution is -2.41. The normalized spacial score (nSPS) is 17.0. The van der Waals surface area contributed by atoms with Crippen molar-refractivity contribution in [2.75, 3.05) is 29.9 Å². The molecule has 1 amide bonds. The number of carbonyl (C=O) groups is 1. The van der Waals surface area contributed by atoms with E-state index in [1.165, 1.54) is 0 Å². The zero-order chi connectivity index (χ0) is 18.5. The fraction of sp³-hybridized carbons (Fsp3) is 0.450. The highest BCUT2D eigenvalue weighted by Crippen LogP contribution is 2.26. The predicted molar refractivity (Wildman–Crippen MR) is 103 cm³/mol. The highest BCUT2D eigenvalue weighted by molar-refractivity contribution is 5.94. The Morgan fingerprint density at radius 3 is 2.73 bits per heavy atom. The Hall–Kier alpha value is -2.63. The summed E-state index contributed by atoms with van der Waals surface area (Å²) in [5.41, 5.74) is 2.62. The molecule has 1 N–H and O–H groups in total. The molecule has 3 rings (SSSR count). The van der Waals surface area contributed by atoms with Gasteiger partial charge in [-0.25, -0.2) is 9.97 Å². The molecule has 1 aromatic heterocycles. The number of aromatic nitrogens is 2. The largest absolute Gasteiger partial charge is 0.492 e. The van der Waals surface area contributed by atoms with Gasteiger partial charge in [0.25, 0.3) is 0 Å². The number of amides is 1. The topological polar surface area (TPSA) is 67.3 Å². The van der Waals surface area contributed by atoms with E-state index in [-0.39, 0.29) is 11.8 Å². The molecular weight excluding hydrogens is 328 g/mol. The van der Waals surface area contributed by atoms with Crippen molar-refractivity contribution in [1.82, 2.24) is 9.97 Å². The third-order valence-corrected chi connectivity index (χ3v) is 4.49. The van der Waals surface area contributed by atoms with E-state index >= 15 is 0 Å². The molecule has 26 heavy (non-hydrogen) atoms. The van der Waals surface area contributed by atoms with Crippen molar-refractivity contribution in [2.24, 2.45) is 5.92 Å². The molecule has 0 unspecified atom stereocenters. The summed E-state index contributed by atoms with van der Waals surface area (Å²) in [5, 5.41) is 3.03. The molecule has 0 spiro atoms. The van der Waals surface area contributed by atoms with Gasteiger partial charge < -0.3 is 15.0 Å². The summed E-state index contributed by atoms with van der Waals surface area (Å²) in [6.07, 6.45) is 1.81. The van der Waals surface area contributed by atoms with Crippen LogP contribution < -0.4 is 15.0 Å². The molecule has 1 atom stereocenters. The molecule has 0 radical (unpaired) electrons. The maximum atomic E-state index is 12.8. The molecule has 1 fully saturated rings. The SMILES string of the molecule is CCOc1ccccc1NC(=O)[C@@H]1CCCN(c2nc(C)cc(C)n2)C1. The number of anilines is 2. The molecule has 0 saturated carbocycles. The first kappa shape index (κ1) is 18.2. The number of benzene rings is 1. The monoisotopic (exact) mass is 354 g/mol. The molecule has 2 heterocycles. The Labute approximate surface area is 154 Å². The first-order valence-electron chi connectivity index (χ1n) is 9.16. The Balaban J connectivity index is 1.70. The third-order valence-electron chi connectivity index (χ3n) is 4.49. The summed E-state index contributed by atoms with van der Waals surface area (Å²) in [7, 11) is 0. The number of hydrogen-bond acceptors (Lipinski definition) is 5. The molecular formula is C20H26N4O2. The molecule has 1 saturated heterocycles. The molecule has 1 aliphatic rings. The summed E-state index contributed by atoms with van der Waals surface area (Å²) in [6, 6.07) is 9.50. The molecule has 0 aliphatic carbocycles. The van der Waals surface area contributed by atoms with Crippen molar-refractivity contribution in [1.29, 1.82) is 0 Å². The van der Waals surface area contributed by atoms with Crippen LogP contribution in [0, 0.1) is 19.8 Å². The van der Waals surface area contributed by atoms with Crippen LogP contribution in [0.4, 0.5) is 11.6 Å². The number of piperidine rings is 1. The Kier molecular flexibility index (Phi) is 5.71. The molecule has 1 aliphatic heterocycles. The number of ether oxygens (including phenoxy) is 1. The minimum Gasteiger partial charge on any atom is -0.492 e. The van der Waals surface area contributed by atoms with Crippen LogP contribution in [0.3, 0.4) is 0 Å². The summed E-state index contributed by atoms with van der Waals surface area (Å²) in [5.74, 6) is 1.34. The van der Waals surface area contributed by atoms with Crippen LogP contribution in [0.2, 0.25) is 0 Å². The van der Waals surface area contributed by atoms with E-state index in [0.717, 1.165) is 42.4 Å². The van der Waals surface area contributed by atoms with Gasteiger partial charge in [-0.15, -0.1) is 0 Å². The summed E-state index contributed by atoms with van der Waals surface area (Å²) in [6.45, 7) is 7.94. The van der Waals surface area contributed by atoms with Gasteiger partial charge in [-0.2, -0.15) is 0 Å². The zero-order valence-electron chi connectivity index (χ0n) is 15.7. The Bertz CT molecular complexity index is 758. The quantitative estimate of drug-likeness (QED) is 0.892. The highest BCUT2D eigenvalue weighted by Gasteiger charge is 2.27. The van der Waals surface area contributed by atoms with Crippen LogP contribution in [0.15, 0.2) is 30.3 Å². The number of para-hydroxylation sites is 2. The van der Waals surface area contributed by atoms with E-state index in [2.05, 4.69) is 20.2 Å². The predicted octanol–water partition coefficient (Wildman–Crippen LogP) is 3.35. The molecule has 1 aromatic carbocycles. The van der Waals surface area contributed by atoms with Gasteiger partial charge in [-0.05, 0) is 51.8 Å². The summed E-state index contributed by atoms with van der Waals surface area (Å²) < 4.78 is 5.60. The highest BCUT2D eigenvalue weighted by atomic mass is 16.5. The Morgan fingerprint density at radius 1 is 1.27 bits per heavy atom. The smallest absolute Gasteiger partial charge is 0.229 e. The van der Waals surface area contributed by atoms with Gasteiger partial charge in [0.2, 0.25) is 11.9 Å². The summed E-state index contributed by atoms with van der Waals surface area (Å²) in [4.78, 5) is 24.0. The number of nitrogens with one attached hydrogen (secondary N) is 1. The van der Waals surface area contributed by atoms with Crippen molar-refractivity contribution >= 4 is 17.5 Å². The van der Waals surface area contributed by atoms with Crippen molar-refractivity contribution in [3.05, 3.63) is 41.7 Å². The lowest BCUT2D eigenvalue weighted by molar-refractivity contribution is -0.120. The van der Waals surface area contributed by atoms with E-state index in [4.69, 9.17) is 4.74 Å². The standard InChI is InChI=1S/C20H26N4O2/c1-4-26-18-10-6-5-9-17(18)23-19(25)16-8-7-11-24(13-16)20-21-14(2)12-15(3)22-20/h5-6,9-10,12,16H,4,7-8,11,13H2,1-3H3,(H,23,25)/t16-/m1/s1. The first-order chi connectivity index (χ1) is 12.6. The van der Waals surface area contributed by atoms with Crippen LogP contribution in [0.5, 0.6) is 5.75 Å². The second kappa shape index (κ2) is 8.17. The fourth-order valence-corrected chi connectivity index (χ4v) is 3.31. The van der Waals surface area contributed by atoms with Crippen LogP contribution in [0.1, 0.15) is 31.2 Å². The Morgan fingerprint density at radius 2 is 2.00 bits per heavy atom. The first-order valence-corrected chi connectivity index (χ1v) is 9.16. The average molecular weight is 354 g/mol. The summed E-state index contributed by atoms with van der Waals surface area (Å²) >= 11 is 0. The minimum atomic E-state index is -0.0946. The zero-order valence-corrected chi connectivity index (χ0v) is 15.7. The molecule has 138 valence electrons. The molecule has 6 nitrogen and oxygen atoms in total. The lowest BCUT2D eigenvalue weighted by atomic mass is 9.97. The third kappa shape index (κ3) is 4.31. The van der Waals surface area contributed by atoms with Gasteiger partial charge in [-0.1, -0.05) is 12.1 Å². The molecule has 2 aromatic rings. The van der Waals surface area contributed by atoms with Crippen molar-refractivity contribution in [3.63, 3.8) is 0 Å². The number of rotatable bonds is 5.